The van der Waals surface area contributed by atoms with Crippen molar-refractivity contribution in [2.45, 2.75) is 31.4 Å². The number of hydrogen-bond donors (Lipinski definition) is 1. The summed E-state index contributed by atoms with van der Waals surface area (Å²) in [4.78, 5) is 15.5. The van der Waals surface area contributed by atoms with Crippen LogP contribution in [-0.2, 0) is 15.6 Å². The van der Waals surface area contributed by atoms with Gasteiger partial charge in [0.25, 0.3) is 0 Å². The summed E-state index contributed by atoms with van der Waals surface area (Å²) in [6.45, 7) is 5.34. The predicted octanol–water partition coefficient (Wildman–Crippen LogP) is 3.94. The molecule has 0 saturated heterocycles. The molecule has 0 aliphatic heterocycles. The van der Waals surface area contributed by atoms with E-state index in [-0.39, 0.29) is 22.1 Å². The third kappa shape index (κ3) is 3.93. The number of hydrogen-bond acceptors (Lipinski definition) is 5. The molecule has 0 aliphatic carbocycles. The highest BCUT2D eigenvalue weighted by Gasteiger charge is 2.22. The van der Waals surface area contributed by atoms with Gasteiger partial charge in [-0.15, -0.1) is 0 Å². The summed E-state index contributed by atoms with van der Waals surface area (Å²) in [5.41, 5.74) is 2.77. The molecule has 1 N–H and O–H groups in total. The number of carboxylic acids is 1. The first-order chi connectivity index (χ1) is 12.7. The van der Waals surface area contributed by atoms with Crippen LogP contribution in [0.2, 0.25) is 0 Å². The number of carboxylic acid groups (broad SMARTS) is 1. The van der Waals surface area contributed by atoms with Crippen molar-refractivity contribution in [3.63, 3.8) is 0 Å². The molecule has 3 aromatic rings. The highest BCUT2D eigenvalue weighted by atomic mass is 32.2. The SMILES string of the molecule is Cc1ccc(S(=O)(=O)Cc2nc(-c3ccc(C(=O)O)cc3)oc2C)c(C)c1. The lowest BCUT2D eigenvalue weighted by molar-refractivity contribution is 0.0697. The van der Waals surface area contributed by atoms with Gasteiger partial charge in [0.15, 0.2) is 9.84 Å². The predicted molar refractivity (Wildman–Crippen MR) is 100 cm³/mol. The maximum absolute atomic E-state index is 12.8. The van der Waals surface area contributed by atoms with E-state index in [1.807, 2.05) is 13.0 Å². The van der Waals surface area contributed by atoms with Gasteiger partial charge in [-0.05, 0) is 56.7 Å². The second-order valence-corrected chi connectivity index (χ2v) is 8.39. The monoisotopic (exact) mass is 385 g/mol. The minimum Gasteiger partial charge on any atom is -0.478 e. The first-order valence-electron chi connectivity index (χ1n) is 8.27. The molecule has 0 unspecified atom stereocenters. The van der Waals surface area contributed by atoms with E-state index in [9.17, 15) is 13.2 Å². The molecule has 6 nitrogen and oxygen atoms in total. The lowest BCUT2D eigenvalue weighted by atomic mass is 10.1. The topological polar surface area (TPSA) is 97.5 Å². The largest absolute Gasteiger partial charge is 0.478 e. The lowest BCUT2D eigenvalue weighted by Gasteiger charge is -2.07. The summed E-state index contributed by atoms with van der Waals surface area (Å²) in [6.07, 6.45) is 0. The van der Waals surface area contributed by atoms with Gasteiger partial charge in [-0.25, -0.2) is 18.2 Å². The molecule has 140 valence electrons. The van der Waals surface area contributed by atoms with Crippen LogP contribution in [0.25, 0.3) is 11.5 Å². The van der Waals surface area contributed by atoms with Gasteiger partial charge in [0.1, 0.15) is 11.5 Å². The lowest BCUT2D eigenvalue weighted by Crippen LogP contribution is -2.08. The molecular formula is C20H19NO5S. The molecule has 0 amide bonds. The quantitative estimate of drug-likeness (QED) is 0.714. The molecule has 0 fully saturated rings. The van der Waals surface area contributed by atoms with E-state index in [0.717, 1.165) is 5.56 Å². The third-order valence-corrected chi connectivity index (χ3v) is 6.05. The van der Waals surface area contributed by atoms with Crippen molar-refractivity contribution in [2.24, 2.45) is 0 Å². The van der Waals surface area contributed by atoms with Gasteiger partial charge < -0.3 is 9.52 Å². The van der Waals surface area contributed by atoms with E-state index in [2.05, 4.69) is 4.98 Å². The molecular weight excluding hydrogens is 366 g/mol. The Labute approximate surface area is 157 Å². The summed E-state index contributed by atoms with van der Waals surface area (Å²) in [5, 5.41) is 8.96. The van der Waals surface area contributed by atoms with Crippen LogP contribution < -0.4 is 0 Å². The molecule has 1 aromatic heterocycles. The molecule has 0 atom stereocenters. The Morgan fingerprint density at radius 3 is 2.33 bits per heavy atom. The van der Waals surface area contributed by atoms with Crippen molar-refractivity contribution in [1.82, 2.24) is 4.98 Å². The van der Waals surface area contributed by atoms with Crippen molar-refractivity contribution < 1.29 is 22.7 Å². The Kier molecular flexibility index (Phi) is 4.89. The van der Waals surface area contributed by atoms with Crippen molar-refractivity contribution >= 4 is 15.8 Å². The maximum Gasteiger partial charge on any atom is 0.335 e. The molecule has 0 spiro atoms. The summed E-state index contributed by atoms with van der Waals surface area (Å²) in [5.74, 6) is -0.610. The molecule has 2 aromatic carbocycles. The number of aromatic nitrogens is 1. The van der Waals surface area contributed by atoms with Gasteiger partial charge in [-0.2, -0.15) is 0 Å². The fraction of sp³-hybridized carbons (Fsp3) is 0.200. The summed E-state index contributed by atoms with van der Waals surface area (Å²) in [6, 6.07) is 11.3. The van der Waals surface area contributed by atoms with Crippen LogP contribution >= 0.6 is 0 Å². The average molecular weight is 385 g/mol. The zero-order valence-corrected chi connectivity index (χ0v) is 16.0. The number of sulfone groups is 1. The number of aromatic carboxylic acids is 1. The number of benzene rings is 2. The van der Waals surface area contributed by atoms with Crippen molar-refractivity contribution in [1.29, 1.82) is 0 Å². The van der Waals surface area contributed by atoms with Crippen LogP contribution in [0.1, 0.15) is 32.9 Å². The highest BCUT2D eigenvalue weighted by molar-refractivity contribution is 7.90. The zero-order chi connectivity index (χ0) is 19.8. The number of nitrogens with zero attached hydrogens (tertiary/aromatic N) is 1. The highest BCUT2D eigenvalue weighted by Crippen LogP contribution is 2.26. The van der Waals surface area contributed by atoms with Crippen LogP contribution in [0.4, 0.5) is 0 Å². The first kappa shape index (κ1) is 18.8. The van der Waals surface area contributed by atoms with Gasteiger partial charge in [0.2, 0.25) is 5.89 Å². The summed E-state index contributed by atoms with van der Waals surface area (Å²) in [7, 11) is -3.57. The van der Waals surface area contributed by atoms with Crippen LogP contribution in [-0.4, -0.2) is 24.5 Å². The number of rotatable bonds is 5. The van der Waals surface area contributed by atoms with Gasteiger partial charge in [0.05, 0.1) is 16.2 Å². The van der Waals surface area contributed by atoms with E-state index in [1.54, 1.807) is 38.1 Å². The Morgan fingerprint density at radius 1 is 1.07 bits per heavy atom. The summed E-state index contributed by atoms with van der Waals surface area (Å²) < 4.78 is 31.2. The van der Waals surface area contributed by atoms with E-state index >= 15 is 0 Å². The van der Waals surface area contributed by atoms with Crippen LogP contribution in [0, 0.1) is 20.8 Å². The Bertz CT molecular complexity index is 1110. The second kappa shape index (κ2) is 7.00. The van der Waals surface area contributed by atoms with Crippen LogP contribution in [0.3, 0.4) is 0 Å². The average Bonchev–Trinajstić information content (AvgIpc) is 2.94. The van der Waals surface area contributed by atoms with Gasteiger partial charge >= 0.3 is 5.97 Å². The van der Waals surface area contributed by atoms with Crippen LogP contribution in [0.5, 0.6) is 0 Å². The smallest absolute Gasteiger partial charge is 0.335 e. The minimum absolute atomic E-state index is 0.152. The van der Waals surface area contributed by atoms with E-state index in [0.29, 0.717) is 22.6 Å². The Balaban J connectivity index is 1.91. The normalized spacial score (nSPS) is 11.5. The third-order valence-electron chi connectivity index (χ3n) is 4.26. The van der Waals surface area contributed by atoms with Crippen molar-refractivity contribution in [3.05, 3.63) is 70.6 Å². The molecule has 0 saturated carbocycles. The Hall–Kier alpha value is -2.93. The van der Waals surface area contributed by atoms with E-state index < -0.39 is 15.8 Å². The standard InChI is InChI=1S/C20H19NO5S/c1-12-4-9-18(13(2)10-12)27(24,25)11-17-14(3)26-19(21-17)15-5-7-16(8-6-15)20(22)23/h4-10H,11H2,1-3H3,(H,22,23). The molecule has 7 heteroatoms. The molecule has 27 heavy (non-hydrogen) atoms. The van der Waals surface area contributed by atoms with Crippen molar-refractivity contribution in [2.75, 3.05) is 0 Å². The maximum atomic E-state index is 12.8. The molecule has 0 bridgehead atoms. The number of aryl methyl sites for hydroxylation is 3. The van der Waals surface area contributed by atoms with Gasteiger partial charge in [0, 0.05) is 5.56 Å². The first-order valence-corrected chi connectivity index (χ1v) is 9.92. The summed E-state index contributed by atoms with van der Waals surface area (Å²) >= 11 is 0. The number of carbonyl (C=O) groups is 1. The minimum atomic E-state index is -3.57. The molecule has 0 aliphatic rings. The van der Waals surface area contributed by atoms with Gasteiger partial charge in [-0.3, -0.25) is 0 Å². The Morgan fingerprint density at radius 2 is 1.74 bits per heavy atom. The number of oxazole rings is 1. The van der Waals surface area contributed by atoms with Crippen LogP contribution in [0.15, 0.2) is 51.8 Å². The van der Waals surface area contributed by atoms with E-state index in [4.69, 9.17) is 9.52 Å². The fourth-order valence-corrected chi connectivity index (χ4v) is 4.45. The molecule has 3 rings (SSSR count). The van der Waals surface area contributed by atoms with Gasteiger partial charge in [-0.1, -0.05) is 17.7 Å². The second-order valence-electron chi connectivity index (χ2n) is 6.43. The molecule has 0 radical (unpaired) electrons. The van der Waals surface area contributed by atoms with E-state index in [1.165, 1.54) is 12.1 Å². The fourth-order valence-electron chi connectivity index (χ4n) is 2.85. The van der Waals surface area contributed by atoms with Crippen molar-refractivity contribution in [3.8, 4) is 11.5 Å². The zero-order valence-electron chi connectivity index (χ0n) is 15.2. The molecule has 1 heterocycles.